The van der Waals surface area contributed by atoms with E-state index in [1.165, 1.54) is 18.4 Å². The molecule has 5 heteroatoms. The highest BCUT2D eigenvalue weighted by Gasteiger charge is 2.21. The Morgan fingerprint density at radius 1 is 1.26 bits per heavy atom. The highest BCUT2D eigenvalue weighted by molar-refractivity contribution is 5.31. The number of aromatic nitrogens is 3. The Morgan fingerprint density at radius 3 is 2.70 bits per heavy atom. The third-order valence-electron chi connectivity index (χ3n) is 4.49. The van der Waals surface area contributed by atoms with Crippen LogP contribution in [-0.2, 0) is 13.1 Å². The first-order chi connectivity index (χ1) is 11.1. The van der Waals surface area contributed by atoms with E-state index in [-0.39, 0.29) is 0 Å². The normalized spacial score (nSPS) is 18.7. The summed E-state index contributed by atoms with van der Waals surface area (Å²) in [6.07, 6.45) is 2.48. The first-order valence-corrected chi connectivity index (χ1v) is 8.23. The molecule has 0 radical (unpaired) electrons. The summed E-state index contributed by atoms with van der Waals surface area (Å²) in [6.45, 7) is 8.12. The topological polar surface area (TPSA) is 57.7 Å². The number of nitriles is 1. The second-order valence-electron chi connectivity index (χ2n) is 6.44. The molecule has 1 fully saturated rings. The highest BCUT2D eigenvalue weighted by Crippen LogP contribution is 2.20. The van der Waals surface area contributed by atoms with Crippen LogP contribution in [0.3, 0.4) is 0 Å². The van der Waals surface area contributed by atoms with Gasteiger partial charge < -0.3 is 0 Å². The van der Waals surface area contributed by atoms with Gasteiger partial charge in [0.1, 0.15) is 11.6 Å². The predicted molar refractivity (Wildman–Crippen MR) is 88.7 cm³/mol. The number of nitrogens with zero attached hydrogens (tertiary/aromatic N) is 5. The van der Waals surface area contributed by atoms with Crippen molar-refractivity contribution in [1.29, 1.82) is 5.26 Å². The largest absolute Gasteiger partial charge is 0.299 e. The standard InChI is InChI=1S/C18H23N5/c1-14-20-15(2)23(21-14)13-18-4-3-9-22(12-18)11-17-7-5-16(10-19)6-8-17/h5-8,18H,3-4,9,11-13H2,1-2H3/t18-/m1/s1. The Hall–Kier alpha value is -2.19. The SMILES string of the molecule is Cc1nc(C)n(C[C@@H]2CCCN(Cc3ccc(C#N)cc3)C2)n1. The third kappa shape index (κ3) is 3.96. The van der Waals surface area contributed by atoms with Crippen LogP contribution in [0.4, 0.5) is 0 Å². The molecule has 0 spiro atoms. The molecule has 1 saturated heterocycles. The molecule has 1 aliphatic rings. The lowest BCUT2D eigenvalue weighted by atomic mass is 9.97. The number of likely N-dealkylation sites (tertiary alicyclic amines) is 1. The zero-order chi connectivity index (χ0) is 16.2. The zero-order valence-corrected chi connectivity index (χ0v) is 13.9. The van der Waals surface area contributed by atoms with Crippen LogP contribution >= 0.6 is 0 Å². The molecule has 5 nitrogen and oxygen atoms in total. The van der Waals surface area contributed by atoms with E-state index in [9.17, 15) is 0 Å². The van der Waals surface area contributed by atoms with Gasteiger partial charge in [-0.25, -0.2) is 9.67 Å². The van der Waals surface area contributed by atoms with Crippen molar-refractivity contribution < 1.29 is 0 Å². The molecular weight excluding hydrogens is 286 g/mol. The number of piperidine rings is 1. The van der Waals surface area contributed by atoms with Crippen molar-refractivity contribution in [1.82, 2.24) is 19.7 Å². The molecule has 120 valence electrons. The Morgan fingerprint density at radius 2 is 2.04 bits per heavy atom. The van der Waals surface area contributed by atoms with Crippen molar-refractivity contribution in [3.8, 4) is 6.07 Å². The average Bonchev–Trinajstić information content (AvgIpc) is 2.86. The van der Waals surface area contributed by atoms with E-state index >= 15 is 0 Å². The van der Waals surface area contributed by atoms with Crippen molar-refractivity contribution in [2.24, 2.45) is 5.92 Å². The van der Waals surface area contributed by atoms with Crippen molar-refractivity contribution in [3.63, 3.8) is 0 Å². The molecule has 0 amide bonds. The third-order valence-corrected chi connectivity index (χ3v) is 4.49. The molecule has 1 atom stereocenters. The molecule has 3 rings (SSSR count). The van der Waals surface area contributed by atoms with Crippen LogP contribution in [0.25, 0.3) is 0 Å². The number of rotatable bonds is 4. The van der Waals surface area contributed by atoms with Crippen molar-refractivity contribution >= 4 is 0 Å². The van der Waals surface area contributed by atoms with E-state index < -0.39 is 0 Å². The second kappa shape index (κ2) is 6.93. The van der Waals surface area contributed by atoms with Crippen LogP contribution in [0.15, 0.2) is 24.3 Å². The maximum atomic E-state index is 8.88. The summed E-state index contributed by atoms with van der Waals surface area (Å²) in [4.78, 5) is 6.90. The average molecular weight is 309 g/mol. The van der Waals surface area contributed by atoms with Gasteiger partial charge in [0.15, 0.2) is 0 Å². The maximum absolute atomic E-state index is 8.88. The fraction of sp³-hybridized carbons (Fsp3) is 0.500. The first-order valence-electron chi connectivity index (χ1n) is 8.23. The summed E-state index contributed by atoms with van der Waals surface area (Å²) < 4.78 is 2.05. The van der Waals surface area contributed by atoms with E-state index in [1.807, 2.05) is 30.7 Å². The summed E-state index contributed by atoms with van der Waals surface area (Å²) >= 11 is 0. The molecule has 1 aromatic carbocycles. The van der Waals surface area contributed by atoms with Gasteiger partial charge in [0.05, 0.1) is 11.6 Å². The molecular formula is C18H23N5. The fourth-order valence-corrected chi connectivity index (χ4v) is 3.37. The summed E-state index contributed by atoms with van der Waals surface area (Å²) in [7, 11) is 0. The quantitative estimate of drug-likeness (QED) is 0.871. The molecule has 0 N–H and O–H groups in total. The van der Waals surface area contributed by atoms with Crippen LogP contribution < -0.4 is 0 Å². The molecule has 2 heterocycles. The molecule has 1 aliphatic heterocycles. The van der Waals surface area contributed by atoms with E-state index in [1.54, 1.807) is 0 Å². The summed E-state index contributed by atoms with van der Waals surface area (Å²) in [5, 5.41) is 13.4. The summed E-state index contributed by atoms with van der Waals surface area (Å²) in [5.74, 6) is 2.49. The molecule has 23 heavy (non-hydrogen) atoms. The van der Waals surface area contributed by atoms with Gasteiger partial charge in [-0.2, -0.15) is 10.4 Å². The number of aryl methyl sites for hydroxylation is 2. The maximum Gasteiger partial charge on any atom is 0.147 e. The van der Waals surface area contributed by atoms with E-state index in [2.05, 4.69) is 33.2 Å². The summed E-state index contributed by atoms with van der Waals surface area (Å²) in [6, 6.07) is 10.1. The molecule has 0 aliphatic carbocycles. The van der Waals surface area contributed by atoms with Crippen LogP contribution in [0.5, 0.6) is 0 Å². The Labute approximate surface area is 137 Å². The second-order valence-corrected chi connectivity index (χ2v) is 6.44. The van der Waals surface area contributed by atoms with Crippen molar-refractivity contribution in [3.05, 3.63) is 47.0 Å². The van der Waals surface area contributed by atoms with Gasteiger partial charge in [-0.15, -0.1) is 0 Å². The lowest BCUT2D eigenvalue weighted by molar-refractivity contribution is 0.152. The minimum absolute atomic E-state index is 0.627. The lowest BCUT2D eigenvalue weighted by Crippen LogP contribution is -2.36. The first kappa shape index (κ1) is 15.7. The monoisotopic (exact) mass is 309 g/mol. The molecule has 0 bridgehead atoms. The molecule has 2 aromatic rings. The lowest BCUT2D eigenvalue weighted by Gasteiger charge is -2.32. The Balaban J connectivity index is 1.59. The summed E-state index contributed by atoms with van der Waals surface area (Å²) in [5.41, 5.74) is 2.00. The van der Waals surface area contributed by atoms with Crippen molar-refractivity contribution in [2.75, 3.05) is 13.1 Å². The Bertz CT molecular complexity index is 695. The van der Waals surface area contributed by atoms with Gasteiger partial charge in [0.25, 0.3) is 0 Å². The minimum Gasteiger partial charge on any atom is -0.299 e. The van der Waals surface area contributed by atoms with Gasteiger partial charge in [-0.05, 0) is 56.8 Å². The van der Waals surface area contributed by atoms with Gasteiger partial charge >= 0.3 is 0 Å². The van der Waals surface area contributed by atoms with Crippen LogP contribution in [0, 0.1) is 31.1 Å². The van der Waals surface area contributed by atoms with Crippen LogP contribution in [0.1, 0.15) is 35.6 Å². The van der Waals surface area contributed by atoms with Crippen molar-refractivity contribution in [2.45, 2.75) is 39.8 Å². The highest BCUT2D eigenvalue weighted by atomic mass is 15.3. The Kier molecular flexibility index (Phi) is 4.73. The smallest absolute Gasteiger partial charge is 0.147 e. The van der Waals surface area contributed by atoms with Crippen LogP contribution in [-0.4, -0.2) is 32.8 Å². The molecule has 0 unspecified atom stereocenters. The van der Waals surface area contributed by atoms with Gasteiger partial charge in [-0.1, -0.05) is 12.1 Å². The van der Waals surface area contributed by atoms with E-state index in [0.717, 1.165) is 43.4 Å². The zero-order valence-electron chi connectivity index (χ0n) is 13.9. The van der Waals surface area contributed by atoms with Crippen LogP contribution in [0.2, 0.25) is 0 Å². The predicted octanol–water partition coefficient (Wildman–Crippen LogP) is 2.68. The molecule has 0 saturated carbocycles. The minimum atomic E-state index is 0.627. The molecule has 1 aromatic heterocycles. The number of hydrogen-bond donors (Lipinski definition) is 0. The number of benzene rings is 1. The van der Waals surface area contributed by atoms with Gasteiger partial charge in [-0.3, -0.25) is 4.90 Å². The van der Waals surface area contributed by atoms with Gasteiger partial charge in [0.2, 0.25) is 0 Å². The van der Waals surface area contributed by atoms with E-state index in [0.29, 0.717) is 5.92 Å². The van der Waals surface area contributed by atoms with Gasteiger partial charge in [0, 0.05) is 19.6 Å². The number of hydrogen-bond acceptors (Lipinski definition) is 4. The van der Waals surface area contributed by atoms with E-state index in [4.69, 9.17) is 5.26 Å². The fourth-order valence-electron chi connectivity index (χ4n) is 3.37.